The van der Waals surface area contributed by atoms with Gasteiger partial charge >= 0.3 is 11.9 Å². The van der Waals surface area contributed by atoms with Crippen molar-refractivity contribution < 1.29 is 82.9 Å². The van der Waals surface area contributed by atoms with Gasteiger partial charge in [-0.15, -0.1) is 0 Å². The van der Waals surface area contributed by atoms with E-state index in [0.29, 0.717) is 107 Å². The van der Waals surface area contributed by atoms with Crippen molar-refractivity contribution in [3.63, 3.8) is 0 Å². The Kier molecular flexibility index (Phi) is 19.5. The van der Waals surface area contributed by atoms with E-state index in [4.69, 9.17) is 47.4 Å². The van der Waals surface area contributed by atoms with Crippen LogP contribution in [-0.4, -0.2) is 131 Å². The molecule has 4 atom stereocenters. The first-order chi connectivity index (χ1) is 32.4. The highest BCUT2D eigenvalue weighted by molar-refractivity contribution is 5.69. The third-order valence-electron chi connectivity index (χ3n) is 14.0. The SMILES string of the molecule is COc1ccc(CC2c3cc(OC)c(OC)cc3CC[N+]2(C)CCC(=O)OCCCCCOC(=O)CC[N+]2(C)CCc3cc(OC)c(OC)cc3C2Cc2ccc(OC)c(OC)c2)cc1OC.[Br-]. The predicted molar refractivity (Wildman–Crippen MR) is 255 cm³/mol. The fourth-order valence-corrected chi connectivity index (χ4v) is 9.91. The minimum Gasteiger partial charge on any atom is -1.00 e. The van der Waals surface area contributed by atoms with Crippen molar-refractivity contribution in [2.45, 2.75) is 69.9 Å². The van der Waals surface area contributed by atoms with Crippen LogP contribution < -0.4 is 54.9 Å². The van der Waals surface area contributed by atoms with Crippen molar-refractivity contribution >= 4 is 11.9 Å². The van der Waals surface area contributed by atoms with Gasteiger partial charge in [0.25, 0.3) is 0 Å². The summed E-state index contributed by atoms with van der Waals surface area (Å²) in [6.07, 6.45) is 5.85. The number of likely N-dealkylation sites (N-methyl/N-ethyl adjacent to an activating group) is 2. The van der Waals surface area contributed by atoms with E-state index in [1.807, 2.05) is 24.3 Å². The molecule has 15 heteroatoms. The fourth-order valence-electron chi connectivity index (χ4n) is 9.91. The summed E-state index contributed by atoms with van der Waals surface area (Å²) in [7, 11) is 17.6. The van der Waals surface area contributed by atoms with Gasteiger partial charge in [0.1, 0.15) is 12.1 Å². The Balaban J connectivity index is 0.00000864. The molecule has 0 saturated carbocycles. The lowest BCUT2D eigenvalue weighted by Crippen LogP contribution is -3.00. The number of hydrogen-bond donors (Lipinski definition) is 0. The molecule has 68 heavy (non-hydrogen) atoms. The number of fused-ring (bicyclic) bond motifs is 2. The standard InChI is InChI=1S/C53H72N2O12.BrH/c1-54(22-18-38-32-48(62-7)50(64-9)34-40(38)42(54)28-36-14-16-44(58-3)46(30-36)60-5)24-20-52(56)66-26-12-11-13-27-67-53(57)21-25-55(2)23-19-39-33-49(63-8)51(65-10)35-41(39)43(55)29-37-15-17-45(59-4)47(31-37)61-6;/h14-17,30-35,42-43H,11-13,18-29H2,1-10H3;1H/q+2;/p-1. The summed E-state index contributed by atoms with van der Waals surface area (Å²) < 4.78 is 57.8. The molecule has 0 fully saturated rings. The second-order valence-electron chi connectivity index (χ2n) is 18.0. The zero-order valence-corrected chi connectivity index (χ0v) is 43.3. The molecule has 0 amide bonds. The number of unbranched alkanes of at least 4 members (excludes halogenated alkanes) is 2. The maximum atomic E-state index is 13.2. The molecule has 2 aliphatic rings. The first kappa shape index (κ1) is 53.6. The Bertz CT molecular complexity index is 2170. The number of esters is 2. The van der Waals surface area contributed by atoms with Crippen molar-refractivity contribution in [2.75, 3.05) is 110 Å². The van der Waals surface area contributed by atoms with Gasteiger partial charge in [0.2, 0.25) is 0 Å². The van der Waals surface area contributed by atoms with Gasteiger partial charge in [-0.25, -0.2) is 0 Å². The lowest BCUT2D eigenvalue weighted by molar-refractivity contribution is -0.940. The fraction of sp³-hybridized carbons (Fsp3) is 0.509. The van der Waals surface area contributed by atoms with Gasteiger partial charge in [0.05, 0.1) is 123 Å². The number of methoxy groups -OCH3 is 8. The minimum atomic E-state index is -0.215. The summed E-state index contributed by atoms with van der Waals surface area (Å²) in [4.78, 5) is 26.4. The molecule has 0 saturated heterocycles. The molecular weight excluding hydrogens is 936 g/mol. The van der Waals surface area contributed by atoms with Crippen LogP contribution in [0.3, 0.4) is 0 Å². The first-order valence-corrected chi connectivity index (χ1v) is 23.3. The van der Waals surface area contributed by atoms with Gasteiger partial charge in [0.15, 0.2) is 46.0 Å². The Hall–Kier alpha value is -5.38. The van der Waals surface area contributed by atoms with Gasteiger partial charge < -0.3 is 73.3 Å². The summed E-state index contributed by atoms with van der Waals surface area (Å²) >= 11 is 0. The topological polar surface area (TPSA) is 126 Å². The van der Waals surface area contributed by atoms with E-state index in [-0.39, 0.29) is 41.0 Å². The first-order valence-electron chi connectivity index (χ1n) is 23.3. The number of halogens is 1. The highest BCUT2D eigenvalue weighted by Crippen LogP contribution is 2.45. The third-order valence-corrected chi connectivity index (χ3v) is 14.0. The minimum absolute atomic E-state index is 0. The van der Waals surface area contributed by atoms with Gasteiger partial charge in [-0.3, -0.25) is 9.59 Å². The summed E-state index contributed by atoms with van der Waals surface area (Å²) in [5.74, 6) is 5.06. The maximum absolute atomic E-state index is 13.2. The Morgan fingerprint density at radius 2 is 0.809 bits per heavy atom. The van der Waals surface area contributed by atoms with Crippen LogP contribution in [0.1, 0.15) is 77.6 Å². The van der Waals surface area contributed by atoms with Gasteiger partial charge in [-0.1, -0.05) is 12.1 Å². The van der Waals surface area contributed by atoms with E-state index >= 15 is 0 Å². The van der Waals surface area contributed by atoms with Gasteiger partial charge in [-0.05, 0) is 90.0 Å². The molecule has 0 N–H and O–H groups in total. The zero-order chi connectivity index (χ0) is 48.1. The largest absolute Gasteiger partial charge is 1.00 e. The molecular formula is C53H72BrN2O12+. The van der Waals surface area contributed by atoms with E-state index in [2.05, 4.69) is 50.5 Å². The number of carbonyl (C=O) groups excluding carboxylic acids is 2. The second kappa shape index (κ2) is 24.8. The molecule has 2 heterocycles. The van der Waals surface area contributed by atoms with Crippen LogP contribution in [0.5, 0.6) is 46.0 Å². The highest BCUT2D eigenvalue weighted by atomic mass is 79.9. The number of carbonyl (C=O) groups is 2. The van der Waals surface area contributed by atoms with Crippen LogP contribution in [0.25, 0.3) is 0 Å². The Morgan fingerprint density at radius 3 is 1.16 bits per heavy atom. The smallest absolute Gasteiger partial charge is 0.311 e. The molecule has 14 nitrogen and oxygen atoms in total. The summed E-state index contributed by atoms with van der Waals surface area (Å²) in [6.45, 7) is 3.57. The molecule has 6 rings (SSSR count). The Labute approximate surface area is 413 Å². The van der Waals surface area contributed by atoms with Crippen molar-refractivity contribution in [2.24, 2.45) is 0 Å². The predicted octanol–water partition coefficient (Wildman–Crippen LogP) is 5.07. The van der Waals surface area contributed by atoms with E-state index in [0.717, 1.165) is 56.3 Å². The average molecular weight is 1010 g/mol. The lowest BCUT2D eigenvalue weighted by atomic mass is 9.86. The van der Waals surface area contributed by atoms with Gasteiger partial charge in [-0.2, -0.15) is 0 Å². The van der Waals surface area contributed by atoms with E-state index in [9.17, 15) is 9.59 Å². The van der Waals surface area contributed by atoms with Crippen molar-refractivity contribution in [1.82, 2.24) is 0 Å². The number of quaternary nitrogens is 2. The summed E-state index contributed by atoms with van der Waals surface area (Å²) in [6, 6.07) is 20.5. The van der Waals surface area contributed by atoms with Crippen molar-refractivity contribution in [1.29, 1.82) is 0 Å². The molecule has 372 valence electrons. The quantitative estimate of drug-likeness (QED) is 0.0529. The zero-order valence-electron chi connectivity index (χ0n) is 41.7. The molecule has 0 radical (unpaired) electrons. The molecule has 2 aliphatic heterocycles. The average Bonchev–Trinajstić information content (AvgIpc) is 3.35. The molecule has 4 unspecified atom stereocenters. The monoisotopic (exact) mass is 1010 g/mol. The molecule has 0 bridgehead atoms. The van der Waals surface area contributed by atoms with Gasteiger partial charge in [0, 0.05) is 36.8 Å². The second-order valence-corrected chi connectivity index (χ2v) is 18.0. The highest BCUT2D eigenvalue weighted by Gasteiger charge is 2.42. The summed E-state index contributed by atoms with van der Waals surface area (Å²) in [5, 5.41) is 0. The van der Waals surface area contributed by atoms with Crippen LogP contribution >= 0.6 is 0 Å². The third kappa shape index (κ3) is 12.6. The van der Waals surface area contributed by atoms with E-state index in [1.165, 1.54) is 22.3 Å². The van der Waals surface area contributed by atoms with Crippen LogP contribution in [0.2, 0.25) is 0 Å². The molecule has 4 aromatic carbocycles. The van der Waals surface area contributed by atoms with Crippen LogP contribution in [-0.2, 0) is 44.7 Å². The molecule has 0 spiro atoms. The van der Waals surface area contributed by atoms with E-state index in [1.54, 1.807) is 56.9 Å². The molecule has 0 aromatic heterocycles. The number of ether oxygens (including phenoxy) is 10. The molecule has 0 aliphatic carbocycles. The normalized spacial score (nSPS) is 19.3. The van der Waals surface area contributed by atoms with Crippen molar-refractivity contribution in [3.05, 3.63) is 94.0 Å². The van der Waals surface area contributed by atoms with Crippen LogP contribution in [0.4, 0.5) is 0 Å². The van der Waals surface area contributed by atoms with E-state index < -0.39 is 0 Å². The molecule has 4 aromatic rings. The number of nitrogens with zero attached hydrogens (tertiary/aromatic N) is 2. The number of rotatable bonds is 24. The number of benzene rings is 4. The lowest BCUT2D eigenvalue weighted by Gasteiger charge is -2.46. The summed E-state index contributed by atoms with van der Waals surface area (Å²) in [5.41, 5.74) is 7.00. The van der Waals surface area contributed by atoms with Crippen molar-refractivity contribution in [3.8, 4) is 46.0 Å². The van der Waals surface area contributed by atoms with Crippen LogP contribution in [0, 0.1) is 0 Å². The van der Waals surface area contributed by atoms with Crippen LogP contribution in [0.15, 0.2) is 60.7 Å². The Morgan fingerprint density at radius 1 is 0.471 bits per heavy atom. The number of hydrogen-bond acceptors (Lipinski definition) is 12. The maximum Gasteiger partial charge on any atom is 0.311 e.